The van der Waals surface area contributed by atoms with Gasteiger partial charge in [-0.05, 0) is 55.8 Å². The maximum atomic E-state index is 13.1. The van der Waals surface area contributed by atoms with E-state index in [1.54, 1.807) is 18.6 Å². The number of pyridine rings is 2. The molecule has 0 unspecified atom stereocenters. The third kappa shape index (κ3) is 5.01. The van der Waals surface area contributed by atoms with Gasteiger partial charge < -0.3 is 20.4 Å². The fraction of sp³-hybridized carbons (Fsp3) is 0.296. The van der Waals surface area contributed by atoms with E-state index in [9.17, 15) is 9.59 Å². The predicted molar refractivity (Wildman–Crippen MR) is 143 cm³/mol. The number of anilines is 3. The first-order valence-corrected chi connectivity index (χ1v) is 12.5. The highest BCUT2D eigenvalue weighted by molar-refractivity contribution is 6.11. The fourth-order valence-corrected chi connectivity index (χ4v) is 4.50. The minimum Gasteiger partial charge on any atom is -0.354 e. The first-order chi connectivity index (χ1) is 18.0. The number of hydrogen-bond acceptors (Lipinski definition) is 7. The second-order valence-electron chi connectivity index (χ2n) is 9.71. The summed E-state index contributed by atoms with van der Waals surface area (Å²) in [5, 5.41) is 13.7. The number of carbonyl (C=O) groups is 2. The quantitative estimate of drug-likeness (QED) is 0.374. The smallest absolute Gasteiger partial charge is 0.276 e. The molecule has 4 aromatic rings. The average molecular weight is 497 g/mol. The largest absolute Gasteiger partial charge is 0.354 e. The van der Waals surface area contributed by atoms with Gasteiger partial charge in [-0.25, -0.2) is 4.98 Å². The van der Waals surface area contributed by atoms with Crippen molar-refractivity contribution in [1.82, 2.24) is 25.1 Å². The SMILES string of the molecule is CN1CCN(c2ccc(NC(=O)c3n[nH]c4ccc(-c5cncc(NC(=O)C6CC6)c5)cc34)cn2)CC1. The number of H-pyrrole nitrogens is 1. The Morgan fingerprint density at radius 3 is 2.51 bits per heavy atom. The lowest BCUT2D eigenvalue weighted by molar-refractivity contribution is -0.117. The van der Waals surface area contributed by atoms with E-state index in [0.717, 1.165) is 61.5 Å². The number of fused-ring (bicyclic) bond motifs is 1. The Labute approximate surface area is 214 Å². The normalized spacial score (nSPS) is 16.1. The number of likely N-dealkylation sites (N-methyl/N-ethyl adjacent to an activating group) is 1. The number of aromatic amines is 1. The zero-order valence-corrected chi connectivity index (χ0v) is 20.6. The van der Waals surface area contributed by atoms with E-state index in [0.29, 0.717) is 22.5 Å². The molecule has 0 atom stereocenters. The van der Waals surface area contributed by atoms with Gasteiger partial charge in [-0.3, -0.25) is 19.7 Å². The second kappa shape index (κ2) is 9.62. The zero-order chi connectivity index (χ0) is 25.4. The van der Waals surface area contributed by atoms with Crippen LogP contribution in [-0.4, -0.2) is 70.1 Å². The van der Waals surface area contributed by atoms with E-state index in [1.165, 1.54) is 0 Å². The van der Waals surface area contributed by atoms with Gasteiger partial charge in [-0.1, -0.05) is 6.07 Å². The van der Waals surface area contributed by atoms with Crippen LogP contribution in [-0.2, 0) is 4.79 Å². The maximum absolute atomic E-state index is 13.1. The van der Waals surface area contributed by atoms with Crippen LogP contribution in [0.15, 0.2) is 55.0 Å². The molecule has 1 aromatic carbocycles. The highest BCUT2D eigenvalue weighted by Crippen LogP contribution is 2.31. The lowest BCUT2D eigenvalue weighted by atomic mass is 10.0. The molecular weight excluding hydrogens is 468 g/mol. The van der Waals surface area contributed by atoms with Gasteiger partial charge in [0.25, 0.3) is 5.91 Å². The summed E-state index contributed by atoms with van der Waals surface area (Å²) >= 11 is 0. The number of amides is 2. The van der Waals surface area contributed by atoms with Crippen molar-refractivity contribution in [2.75, 3.05) is 48.8 Å². The number of carbonyl (C=O) groups excluding carboxylic acids is 2. The molecule has 2 aliphatic rings. The number of rotatable bonds is 6. The second-order valence-corrected chi connectivity index (χ2v) is 9.71. The zero-order valence-electron chi connectivity index (χ0n) is 20.6. The lowest BCUT2D eigenvalue weighted by Crippen LogP contribution is -2.44. The van der Waals surface area contributed by atoms with Crippen LogP contribution in [0.3, 0.4) is 0 Å². The van der Waals surface area contributed by atoms with Crippen molar-refractivity contribution in [3.8, 4) is 11.1 Å². The monoisotopic (exact) mass is 496 g/mol. The molecule has 1 saturated carbocycles. The van der Waals surface area contributed by atoms with E-state index >= 15 is 0 Å². The summed E-state index contributed by atoms with van der Waals surface area (Å²) < 4.78 is 0. The van der Waals surface area contributed by atoms with Crippen molar-refractivity contribution in [2.24, 2.45) is 5.92 Å². The molecule has 2 amide bonds. The summed E-state index contributed by atoms with van der Waals surface area (Å²) in [7, 11) is 2.12. The molecule has 6 rings (SSSR count). The highest BCUT2D eigenvalue weighted by Gasteiger charge is 2.29. The number of benzene rings is 1. The Hall–Kier alpha value is -4.31. The van der Waals surface area contributed by atoms with Gasteiger partial charge in [0, 0.05) is 49.2 Å². The topological polar surface area (TPSA) is 119 Å². The third-order valence-electron chi connectivity index (χ3n) is 6.90. The molecule has 3 N–H and O–H groups in total. The molecule has 0 spiro atoms. The van der Waals surface area contributed by atoms with Gasteiger partial charge >= 0.3 is 0 Å². The standard InChI is InChI=1S/C27H28N8O2/c1-34-8-10-35(11-9-34)24-7-5-20(16-29-24)30-27(37)25-22-13-18(4-6-23(22)32-33-25)19-12-21(15-28-14-19)31-26(36)17-2-3-17/h4-7,12-17H,2-3,8-11H2,1H3,(H,30,37)(H,31,36)(H,32,33). The molecule has 2 fully saturated rings. The number of nitrogens with zero attached hydrogens (tertiary/aromatic N) is 5. The summed E-state index contributed by atoms with van der Waals surface area (Å²) in [4.78, 5) is 38.6. The summed E-state index contributed by atoms with van der Waals surface area (Å²) in [5.41, 5.74) is 4.03. The predicted octanol–water partition coefficient (Wildman–Crippen LogP) is 3.37. The van der Waals surface area contributed by atoms with E-state index < -0.39 is 0 Å². The highest BCUT2D eigenvalue weighted by atomic mass is 16.2. The first-order valence-electron chi connectivity index (χ1n) is 12.5. The molecule has 3 aromatic heterocycles. The third-order valence-corrected chi connectivity index (χ3v) is 6.90. The van der Waals surface area contributed by atoms with E-state index in [4.69, 9.17) is 0 Å². The molecule has 1 saturated heterocycles. The van der Waals surface area contributed by atoms with Crippen LogP contribution in [0.25, 0.3) is 22.0 Å². The van der Waals surface area contributed by atoms with Crippen LogP contribution in [0, 0.1) is 5.92 Å². The van der Waals surface area contributed by atoms with E-state index in [2.05, 4.69) is 47.6 Å². The molecule has 10 heteroatoms. The number of nitrogens with one attached hydrogen (secondary N) is 3. The Morgan fingerprint density at radius 1 is 0.919 bits per heavy atom. The van der Waals surface area contributed by atoms with Crippen molar-refractivity contribution < 1.29 is 9.59 Å². The molecule has 4 heterocycles. The van der Waals surface area contributed by atoms with E-state index in [-0.39, 0.29) is 17.7 Å². The number of aromatic nitrogens is 4. The molecule has 10 nitrogen and oxygen atoms in total. The minimum atomic E-state index is -0.318. The van der Waals surface area contributed by atoms with Gasteiger partial charge in [0.2, 0.25) is 5.91 Å². The minimum absolute atomic E-state index is 0.0363. The molecule has 0 bridgehead atoms. The Morgan fingerprint density at radius 2 is 1.76 bits per heavy atom. The summed E-state index contributed by atoms with van der Waals surface area (Å²) in [6.45, 7) is 3.87. The van der Waals surface area contributed by atoms with Crippen molar-refractivity contribution >= 4 is 39.9 Å². The van der Waals surface area contributed by atoms with Crippen LogP contribution in [0.2, 0.25) is 0 Å². The first kappa shape index (κ1) is 23.1. The summed E-state index contributed by atoms with van der Waals surface area (Å²) in [6, 6.07) is 11.4. The molecule has 0 radical (unpaired) electrons. The van der Waals surface area contributed by atoms with Crippen molar-refractivity contribution in [2.45, 2.75) is 12.8 Å². The lowest BCUT2D eigenvalue weighted by Gasteiger charge is -2.33. The Bertz CT molecular complexity index is 1450. The van der Waals surface area contributed by atoms with Crippen molar-refractivity contribution in [3.63, 3.8) is 0 Å². The van der Waals surface area contributed by atoms with Crippen LogP contribution in [0.4, 0.5) is 17.2 Å². The van der Waals surface area contributed by atoms with E-state index in [1.807, 2.05) is 36.4 Å². The van der Waals surface area contributed by atoms with Crippen LogP contribution in [0.5, 0.6) is 0 Å². The molecule has 1 aliphatic heterocycles. The number of hydrogen-bond donors (Lipinski definition) is 3. The maximum Gasteiger partial charge on any atom is 0.276 e. The summed E-state index contributed by atoms with van der Waals surface area (Å²) in [6.07, 6.45) is 6.94. The number of piperazine rings is 1. The molecule has 37 heavy (non-hydrogen) atoms. The average Bonchev–Trinajstić information content (AvgIpc) is 3.69. The van der Waals surface area contributed by atoms with Gasteiger partial charge in [0.1, 0.15) is 5.82 Å². The van der Waals surface area contributed by atoms with Crippen molar-refractivity contribution in [1.29, 1.82) is 0 Å². The van der Waals surface area contributed by atoms with Gasteiger partial charge in [0.15, 0.2) is 5.69 Å². The molecule has 1 aliphatic carbocycles. The molecule has 188 valence electrons. The Kier molecular flexibility index (Phi) is 6.01. The van der Waals surface area contributed by atoms with Crippen LogP contribution >= 0.6 is 0 Å². The van der Waals surface area contributed by atoms with Crippen molar-refractivity contribution in [3.05, 3.63) is 60.7 Å². The van der Waals surface area contributed by atoms with Crippen LogP contribution in [0.1, 0.15) is 23.3 Å². The van der Waals surface area contributed by atoms with Gasteiger partial charge in [-0.15, -0.1) is 0 Å². The molecular formula is C27H28N8O2. The van der Waals surface area contributed by atoms with Gasteiger partial charge in [0.05, 0.1) is 29.3 Å². The van der Waals surface area contributed by atoms with Gasteiger partial charge in [-0.2, -0.15) is 5.10 Å². The fourth-order valence-electron chi connectivity index (χ4n) is 4.50. The summed E-state index contributed by atoms with van der Waals surface area (Å²) in [5.74, 6) is 0.741. The Balaban J connectivity index is 1.19. The van der Waals surface area contributed by atoms with Crippen LogP contribution < -0.4 is 15.5 Å².